The Hall–Kier alpha value is -4.38. The highest BCUT2D eigenvalue weighted by atomic mass is 19.1. The standard InChI is InChI=1S/C23H23FN10/c1-23(25,17-2-4-19(24)5-3-17)18-11-28-22(29-12-18)27-7-6-26-21-20-8-15(16-9-31-32-10-16)13-34(20)33-14-30-21/h2-5,8-14H,6-7,25H2,1H3,(H,31,32)(H,26,30,33)(H,27,28,29)/t23-/m0/s1. The molecule has 1 aromatic carbocycles. The van der Waals surface area contributed by atoms with E-state index < -0.39 is 5.54 Å². The van der Waals surface area contributed by atoms with E-state index in [-0.39, 0.29) is 5.82 Å². The maximum atomic E-state index is 13.2. The van der Waals surface area contributed by atoms with Gasteiger partial charge in [-0.25, -0.2) is 23.9 Å². The van der Waals surface area contributed by atoms with Crippen molar-refractivity contribution in [3.8, 4) is 11.1 Å². The van der Waals surface area contributed by atoms with E-state index >= 15 is 0 Å². The zero-order valence-corrected chi connectivity index (χ0v) is 18.4. The number of rotatable bonds is 8. The molecule has 10 nitrogen and oxygen atoms in total. The minimum absolute atomic E-state index is 0.304. The van der Waals surface area contributed by atoms with Gasteiger partial charge in [-0.15, -0.1) is 0 Å². The van der Waals surface area contributed by atoms with Crippen molar-refractivity contribution in [1.29, 1.82) is 0 Å². The summed E-state index contributed by atoms with van der Waals surface area (Å²) in [6.45, 7) is 3.01. The molecule has 172 valence electrons. The highest BCUT2D eigenvalue weighted by Gasteiger charge is 2.24. The third kappa shape index (κ3) is 4.28. The highest BCUT2D eigenvalue weighted by Crippen LogP contribution is 2.26. The van der Waals surface area contributed by atoms with E-state index in [1.54, 1.807) is 35.2 Å². The molecule has 0 aliphatic carbocycles. The SMILES string of the molecule is C[C@](N)(c1ccc(F)cc1)c1cnc(NCCNc2ncnn3cc(-c4cn[nH]c4)cc23)nc1. The van der Waals surface area contributed by atoms with Crippen molar-refractivity contribution in [2.75, 3.05) is 23.7 Å². The second-order valence-electron chi connectivity index (χ2n) is 8.01. The first-order valence-electron chi connectivity index (χ1n) is 10.7. The summed E-state index contributed by atoms with van der Waals surface area (Å²) in [4.78, 5) is 13.1. The van der Waals surface area contributed by atoms with Crippen molar-refractivity contribution in [1.82, 2.24) is 34.8 Å². The summed E-state index contributed by atoms with van der Waals surface area (Å²) in [6.07, 6.45) is 10.4. The zero-order chi connectivity index (χ0) is 23.5. The summed E-state index contributed by atoms with van der Waals surface area (Å²) in [7, 11) is 0. The fraction of sp³-hybridized carbons (Fsp3) is 0.174. The van der Waals surface area contributed by atoms with Gasteiger partial charge in [0.1, 0.15) is 17.7 Å². The molecule has 11 heteroatoms. The zero-order valence-electron chi connectivity index (χ0n) is 18.4. The Kier molecular flexibility index (Phi) is 5.60. The van der Waals surface area contributed by atoms with Gasteiger partial charge < -0.3 is 16.4 Å². The molecule has 0 bridgehead atoms. The molecule has 1 atom stereocenters. The Morgan fingerprint density at radius 3 is 2.50 bits per heavy atom. The Morgan fingerprint density at radius 1 is 1.00 bits per heavy atom. The summed E-state index contributed by atoms with van der Waals surface area (Å²) >= 11 is 0. The number of nitrogens with one attached hydrogen (secondary N) is 3. The lowest BCUT2D eigenvalue weighted by Gasteiger charge is -2.25. The van der Waals surface area contributed by atoms with Crippen LogP contribution < -0.4 is 16.4 Å². The van der Waals surface area contributed by atoms with Gasteiger partial charge in [0.05, 0.1) is 11.7 Å². The number of H-pyrrole nitrogens is 1. The Labute approximate surface area is 194 Å². The van der Waals surface area contributed by atoms with E-state index in [1.807, 2.05) is 25.4 Å². The van der Waals surface area contributed by atoms with Crippen molar-refractivity contribution in [2.24, 2.45) is 5.73 Å². The van der Waals surface area contributed by atoms with E-state index in [1.165, 1.54) is 18.5 Å². The molecule has 5 rings (SSSR count). The van der Waals surface area contributed by atoms with Crippen LogP contribution in [0, 0.1) is 5.82 Å². The van der Waals surface area contributed by atoms with Crippen LogP contribution in [0.3, 0.4) is 0 Å². The highest BCUT2D eigenvalue weighted by molar-refractivity contribution is 5.76. The van der Waals surface area contributed by atoms with Crippen molar-refractivity contribution in [2.45, 2.75) is 12.5 Å². The van der Waals surface area contributed by atoms with Crippen molar-refractivity contribution in [3.05, 3.63) is 84.6 Å². The molecule has 0 radical (unpaired) electrons. The van der Waals surface area contributed by atoms with Gasteiger partial charge in [0.25, 0.3) is 0 Å². The topological polar surface area (TPSA) is 135 Å². The number of nitrogens with zero attached hydrogens (tertiary/aromatic N) is 6. The predicted molar refractivity (Wildman–Crippen MR) is 127 cm³/mol. The summed E-state index contributed by atoms with van der Waals surface area (Å²) in [5.41, 5.74) is 9.98. The molecule has 0 unspecified atom stereocenters. The molecular formula is C23H23FN10. The van der Waals surface area contributed by atoms with Gasteiger partial charge >= 0.3 is 0 Å². The van der Waals surface area contributed by atoms with Crippen LogP contribution in [0.4, 0.5) is 16.2 Å². The lowest BCUT2D eigenvalue weighted by atomic mass is 9.87. The average molecular weight is 459 g/mol. The first-order chi connectivity index (χ1) is 16.5. The van der Waals surface area contributed by atoms with E-state index in [2.05, 4.69) is 40.9 Å². The number of anilines is 2. The molecule has 34 heavy (non-hydrogen) atoms. The fourth-order valence-corrected chi connectivity index (χ4v) is 3.64. The molecular weight excluding hydrogens is 435 g/mol. The number of fused-ring (bicyclic) bond motifs is 1. The number of aromatic nitrogens is 7. The molecule has 0 aliphatic heterocycles. The van der Waals surface area contributed by atoms with Crippen LogP contribution in [0.25, 0.3) is 16.6 Å². The van der Waals surface area contributed by atoms with Crippen molar-refractivity contribution in [3.63, 3.8) is 0 Å². The monoisotopic (exact) mass is 458 g/mol. The molecule has 0 aliphatic rings. The second kappa shape index (κ2) is 8.87. The summed E-state index contributed by atoms with van der Waals surface area (Å²) in [5.74, 6) is 0.904. The maximum Gasteiger partial charge on any atom is 0.222 e. The van der Waals surface area contributed by atoms with Crippen molar-refractivity contribution < 1.29 is 4.39 Å². The number of hydrogen-bond acceptors (Lipinski definition) is 8. The molecule has 0 spiro atoms. The summed E-state index contributed by atoms with van der Waals surface area (Å²) < 4.78 is 15.0. The minimum Gasteiger partial charge on any atom is -0.366 e. The summed E-state index contributed by atoms with van der Waals surface area (Å²) in [5, 5.41) is 17.6. The van der Waals surface area contributed by atoms with Gasteiger partial charge in [-0.2, -0.15) is 10.2 Å². The molecule has 5 N–H and O–H groups in total. The molecule has 0 saturated carbocycles. The van der Waals surface area contributed by atoms with Gasteiger partial charge in [-0.05, 0) is 30.7 Å². The van der Waals surface area contributed by atoms with E-state index in [9.17, 15) is 4.39 Å². The molecule has 0 saturated heterocycles. The van der Waals surface area contributed by atoms with Gasteiger partial charge in [0, 0.05) is 54.6 Å². The number of aromatic amines is 1. The average Bonchev–Trinajstić information content (AvgIpc) is 3.53. The molecule has 4 aromatic heterocycles. The first-order valence-corrected chi connectivity index (χ1v) is 10.7. The fourth-order valence-electron chi connectivity index (χ4n) is 3.64. The van der Waals surface area contributed by atoms with Crippen LogP contribution in [-0.4, -0.2) is 47.9 Å². The maximum absolute atomic E-state index is 13.2. The van der Waals surface area contributed by atoms with E-state index in [0.29, 0.717) is 19.0 Å². The third-order valence-electron chi connectivity index (χ3n) is 5.63. The largest absolute Gasteiger partial charge is 0.366 e. The molecule has 0 fully saturated rings. The van der Waals surface area contributed by atoms with Gasteiger partial charge in [-0.1, -0.05) is 12.1 Å². The van der Waals surface area contributed by atoms with Crippen LogP contribution >= 0.6 is 0 Å². The second-order valence-corrected chi connectivity index (χ2v) is 8.01. The van der Waals surface area contributed by atoms with Crippen molar-refractivity contribution >= 4 is 17.3 Å². The van der Waals surface area contributed by atoms with Gasteiger partial charge in [0.2, 0.25) is 5.95 Å². The Morgan fingerprint density at radius 2 is 1.76 bits per heavy atom. The van der Waals surface area contributed by atoms with Crippen LogP contribution in [-0.2, 0) is 5.54 Å². The number of hydrogen-bond donors (Lipinski definition) is 4. The van der Waals surface area contributed by atoms with E-state index in [0.717, 1.165) is 33.6 Å². The smallest absolute Gasteiger partial charge is 0.222 e. The lowest BCUT2D eigenvalue weighted by Crippen LogP contribution is -2.34. The Balaban J connectivity index is 1.20. The van der Waals surface area contributed by atoms with Crippen LogP contribution in [0.5, 0.6) is 0 Å². The van der Waals surface area contributed by atoms with Gasteiger partial charge in [0.15, 0.2) is 5.82 Å². The van der Waals surface area contributed by atoms with Crippen LogP contribution in [0.1, 0.15) is 18.1 Å². The van der Waals surface area contributed by atoms with Crippen LogP contribution in [0.2, 0.25) is 0 Å². The first kappa shape index (κ1) is 21.5. The number of nitrogens with two attached hydrogens (primary N) is 1. The lowest BCUT2D eigenvalue weighted by molar-refractivity contribution is 0.588. The number of benzene rings is 1. The minimum atomic E-state index is -0.835. The molecule has 0 amide bonds. The molecule has 4 heterocycles. The third-order valence-corrected chi connectivity index (χ3v) is 5.63. The molecule has 5 aromatic rings. The van der Waals surface area contributed by atoms with Crippen LogP contribution in [0.15, 0.2) is 67.6 Å². The Bertz CT molecular complexity index is 1380. The van der Waals surface area contributed by atoms with Gasteiger partial charge in [-0.3, -0.25) is 5.10 Å². The quantitative estimate of drug-likeness (QED) is 0.261. The van der Waals surface area contributed by atoms with E-state index in [4.69, 9.17) is 5.73 Å². The normalized spacial score (nSPS) is 13.0. The summed E-state index contributed by atoms with van der Waals surface area (Å²) in [6, 6.07) is 8.12. The number of halogens is 1. The predicted octanol–water partition coefficient (Wildman–Crippen LogP) is 2.79.